The molecule has 0 spiro atoms. The van der Waals surface area contributed by atoms with Gasteiger partial charge in [0, 0.05) is 18.2 Å². The highest BCUT2D eigenvalue weighted by atomic mass is 16.1. The van der Waals surface area contributed by atoms with Gasteiger partial charge in [0.1, 0.15) is 0 Å². The topological polar surface area (TPSA) is 64.9 Å². The molecule has 1 aromatic carbocycles. The number of nitrogens with one attached hydrogen (secondary N) is 2. The number of amides is 1. The summed E-state index contributed by atoms with van der Waals surface area (Å²) in [6.07, 6.45) is 2.70. The molecule has 2 N–H and O–H groups in total. The van der Waals surface area contributed by atoms with Crippen LogP contribution in [-0.4, -0.2) is 18.5 Å². The predicted octanol–water partition coefficient (Wildman–Crippen LogP) is 1.95. The van der Waals surface area contributed by atoms with Crippen molar-refractivity contribution in [2.45, 2.75) is 32.2 Å². The van der Waals surface area contributed by atoms with Gasteiger partial charge in [-0.15, -0.1) is 0 Å². The van der Waals surface area contributed by atoms with E-state index in [1.54, 1.807) is 12.1 Å². The Labute approximate surface area is 107 Å². The number of hydrogen-bond acceptors (Lipinski definition) is 3. The van der Waals surface area contributed by atoms with Gasteiger partial charge in [-0.3, -0.25) is 4.79 Å². The lowest BCUT2D eigenvalue weighted by Crippen LogP contribution is -2.27. The Hall–Kier alpha value is -1.86. The maximum Gasteiger partial charge on any atom is 0.225 e. The van der Waals surface area contributed by atoms with Crippen LogP contribution in [0.2, 0.25) is 0 Å². The van der Waals surface area contributed by atoms with Crippen LogP contribution in [0.15, 0.2) is 18.2 Å². The molecule has 4 heteroatoms. The van der Waals surface area contributed by atoms with E-state index in [2.05, 4.69) is 16.7 Å². The summed E-state index contributed by atoms with van der Waals surface area (Å²) in [5.74, 6) is 0.00703. The van der Waals surface area contributed by atoms with E-state index in [4.69, 9.17) is 5.26 Å². The Balaban J connectivity index is 1.99. The van der Waals surface area contributed by atoms with Gasteiger partial charge in [0.25, 0.3) is 0 Å². The number of anilines is 1. The molecule has 4 nitrogen and oxygen atoms in total. The van der Waals surface area contributed by atoms with Gasteiger partial charge in [-0.05, 0) is 44.0 Å². The third kappa shape index (κ3) is 3.08. The summed E-state index contributed by atoms with van der Waals surface area (Å²) >= 11 is 0. The average molecular weight is 243 g/mol. The zero-order valence-electron chi connectivity index (χ0n) is 10.5. The van der Waals surface area contributed by atoms with Crippen molar-refractivity contribution < 1.29 is 4.79 Å². The third-order valence-corrected chi connectivity index (χ3v) is 3.23. The van der Waals surface area contributed by atoms with Crippen LogP contribution in [0.3, 0.4) is 0 Å². The SMILES string of the molecule is Cc1ccc(C#N)cc1NC(=O)CC1CCCN1. The molecule has 18 heavy (non-hydrogen) atoms. The van der Waals surface area contributed by atoms with Crippen LogP contribution in [0.25, 0.3) is 0 Å². The molecule has 1 amide bonds. The first-order valence-corrected chi connectivity index (χ1v) is 6.23. The van der Waals surface area contributed by atoms with Crippen molar-refractivity contribution in [2.24, 2.45) is 0 Å². The normalized spacial score (nSPS) is 18.3. The molecule has 0 aliphatic carbocycles. The van der Waals surface area contributed by atoms with Crippen LogP contribution in [0.1, 0.15) is 30.4 Å². The fourth-order valence-electron chi connectivity index (χ4n) is 2.18. The third-order valence-electron chi connectivity index (χ3n) is 3.23. The van der Waals surface area contributed by atoms with E-state index in [0.717, 1.165) is 30.6 Å². The standard InChI is InChI=1S/C14H17N3O/c1-10-4-5-11(9-15)7-13(10)17-14(18)8-12-3-2-6-16-12/h4-5,7,12,16H,2-3,6,8H2,1H3,(H,17,18). The van der Waals surface area contributed by atoms with E-state index in [-0.39, 0.29) is 5.91 Å². The Morgan fingerprint density at radius 1 is 1.61 bits per heavy atom. The molecule has 2 rings (SSSR count). The molecule has 1 aromatic rings. The molecule has 1 heterocycles. The maximum absolute atomic E-state index is 11.9. The molecular formula is C14H17N3O. The maximum atomic E-state index is 11.9. The Bertz CT molecular complexity index is 484. The molecule has 1 saturated heterocycles. The molecule has 1 aliphatic heterocycles. The number of nitriles is 1. The fraction of sp³-hybridized carbons (Fsp3) is 0.429. The first-order valence-electron chi connectivity index (χ1n) is 6.23. The second-order valence-corrected chi connectivity index (χ2v) is 4.69. The molecule has 0 bridgehead atoms. The minimum Gasteiger partial charge on any atom is -0.326 e. The van der Waals surface area contributed by atoms with Crippen LogP contribution in [0, 0.1) is 18.3 Å². The summed E-state index contributed by atoms with van der Waals surface area (Å²) in [6, 6.07) is 7.69. The largest absolute Gasteiger partial charge is 0.326 e. The average Bonchev–Trinajstić information content (AvgIpc) is 2.84. The highest BCUT2D eigenvalue weighted by molar-refractivity contribution is 5.92. The highest BCUT2D eigenvalue weighted by Crippen LogP contribution is 2.17. The summed E-state index contributed by atoms with van der Waals surface area (Å²) in [7, 11) is 0. The van der Waals surface area contributed by atoms with Crippen molar-refractivity contribution in [1.82, 2.24) is 5.32 Å². The quantitative estimate of drug-likeness (QED) is 0.852. The van der Waals surface area contributed by atoms with E-state index in [1.807, 2.05) is 13.0 Å². The van der Waals surface area contributed by atoms with Gasteiger partial charge in [-0.2, -0.15) is 5.26 Å². The van der Waals surface area contributed by atoms with Crippen molar-refractivity contribution in [3.63, 3.8) is 0 Å². The summed E-state index contributed by atoms with van der Waals surface area (Å²) < 4.78 is 0. The van der Waals surface area contributed by atoms with Gasteiger partial charge >= 0.3 is 0 Å². The number of nitrogens with zero attached hydrogens (tertiary/aromatic N) is 1. The van der Waals surface area contributed by atoms with Gasteiger partial charge in [-0.1, -0.05) is 6.07 Å². The van der Waals surface area contributed by atoms with Gasteiger partial charge < -0.3 is 10.6 Å². The van der Waals surface area contributed by atoms with Crippen molar-refractivity contribution in [3.05, 3.63) is 29.3 Å². The highest BCUT2D eigenvalue weighted by Gasteiger charge is 2.17. The van der Waals surface area contributed by atoms with Gasteiger partial charge in [0.05, 0.1) is 11.6 Å². The van der Waals surface area contributed by atoms with E-state index < -0.39 is 0 Å². The summed E-state index contributed by atoms with van der Waals surface area (Å²) in [5.41, 5.74) is 2.27. The minimum atomic E-state index is 0.00703. The first kappa shape index (κ1) is 12.6. The summed E-state index contributed by atoms with van der Waals surface area (Å²) in [4.78, 5) is 11.9. The fourth-order valence-corrected chi connectivity index (χ4v) is 2.18. The molecular weight excluding hydrogens is 226 g/mol. The smallest absolute Gasteiger partial charge is 0.225 e. The summed E-state index contributed by atoms with van der Waals surface area (Å²) in [5, 5.41) is 15.0. The van der Waals surface area contributed by atoms with E-state index in [0.29, 0.717) is 18.0 Å². The van der Waals surface area contributed by atoms with Crippen molar-refractivity contribution >= 4 is 11.6 Å². The summed E-state index contributed by atoms with van der Waals surface area (Å²) in [6.45, 7) is 2.92. The Morgan fingerprint density at radius 3 is 3.11 bits per heavy atom. The monoisotopic (exact) mass is 243 g/mol. The van der Waals surface area contributed by atoms with E-state index >= 15 is 0 Å². The lowest BCUT2D eigenvalue weighted by atomic mass is 10.1. The number of carbonyl (C=O) groups is 1. The van der Waals surface area contributed by atoms with Crippen LogP contribution in [0.4, 0.5) is 5.69 Å². The lowest BCUT2D eigenvalue weighted by molar-refractivity contribution is -0.116. The van der Waals surface area contributed by atoms with Crippen LogP contribution >= 0.6 is 0 Å². The number of benzene rings is 1. The number of aryl methyl sites for hydroxylation is 1. The second kappa shape index (κ2) is 5.65. The zero-order chi connectivity index (χ0) is 13.0. The van der Waals surface area contributed by atoms with Crippen LogP contribution in [-0.2, 0) is 4.79 Å². The predicted molar refractivity (Wildman–Crippen MR) is 70.2 cm³/mol. The van der Waals surface area contributed by atoms with E-state index in [9.17, 15) is 4.79 Å². The van der Waals surface area contributed by atoms with Crippen LogP contribution < -0.4 is 10.6 Å². The molecule has 1 aliphatic rings. The van der Waals surface area contributed by atoms with Crippen molar-refractivity contribution in [2.75, 3.05) is 11.9 Å². The second-order valence-electron chi connectivity index (χ2n) is 4.69. The van der Waals surface area contributed by atoms with Crippen molar-refractivity contribution in [3.8, 4) is 6.07 Å². The Morgan fingerprint density at radius 2 is 2.44 bits per heavy atom. The molecule has 1 atom stereocenters. The Kier molecular flexibility index (Phi) is 3.96. The molecule has 0 aromatic heterocycles. The van der Waals surface area contributed by atoms with E-state index in [1.165, 1.54) is 0 Å². The molecule has 0 saturated carbocycles. The molecule has 94 valence electrons. The molecule has 1 fully saturated rings. The van der Waals surface area contributed by atoms with Crippen LogP contribution in [0.5, 0.6) is 0 Å². The number of hydrogen-bond donors (Lipinski definition) is 2. The minimum absolute atomic E-state index is 0.00703. The zero-order valence-corrected chi connectivity index (χ0v) is 10.5. The molecule has 1 unspecified atom stereocenters. The van der Waals surface area contributed by atoms with Crippen molar-refractivity contribution in [1.29, 1.82) is 5.26 Å². The van der Waals surface area contributed by atoms with Gasteiger partial charge in [0.15, 0.2) is 0 Å². The molecule has 0 radical (unpaired) electrons. The number of carbonyl (C=O) groups excluding carboxylic acids is 1. The van der Waals surface area contributed by atoms with Gasteiger partial charge in [-0.25, -0.2) is 0 Å². The lowest BCUT2D eigenvalue weighted by Gasteiger charge is -2.12. The number of rotatable bonds is 3. The van der Waals surface area contributed by atoms with Gasteiger partial charge in [0.2, 0.25) is 5.91 Å². The first-order chi connectivity index (χ1) is 8.69.